The summed E-state index contributed by atoms with van der Waals surface area (Å²) in [5, 5.41) is 12.3. The van der Waals surface area contributed by atoms with Crippen molar-refractivity contribution in [2.75, 3.05) is 5.32 Å². The number of hydrogen-bond donors (Lipinski definition) is 1. The fourth-order valence-electron chi connectivity index (χ4n) is 1.44. The van der Waals surface area contributed by atoms with E-state index in [0.717, 1.165) is 15.7 Å². The van der Waals surface area contributed by atoms with Crippen molar-refractivity contribution in [1.82, 2.24) is 4.98 Å². The second-order valence-corrected chi connectivity index (χ2v) is 4.93. The van der Waals surface area contributed by atoms with Gasteiger partial charge in [-0.15, -0.1) is 0 Å². The summed E-state index contributed by atoms with van der Waals surface area (Å²) < 4.78 is 0.802. The van der Waals surface area contributed by atoms with Crippen molar-refractivity contribution < 1.29 is 0 Å². The fourth-order valence-corrected chi connectivity index (χ4v) is 2.18. The minimum Gasteiger partial charge on any atom is -0.339 e. The Balaban J connectivity index is 2.16. The van der Waals surface area contributed by atoms with E-state index < -0.39 is 0 Å². The predicted octanol–water partition coefficient (Wildman–Crippen LogP) is 4.31. The number of nitriles is 1. The van der Waals surface area contributed by atoms with E-state index in [0.29, 0.717) is 17.3 Å². The largest absolute Gasteiger partial charge is 0.339 e. The van der Waals surface area contributed by atoms with Crippen LogP contribution >= 0.6 is 27.5 Å². The minimum absolute atomic E-state index is 0.420. The molecule has 2 aromatic rings. The van der Waals surface area contributed by atoms with Gasteiger partial charge >= 0.3 is 0 Å². The quantitative estimate of drug-likeness (QED) is 0.916. The molecule has 0 atom stereocenters. The van der Waals surface area contributed by atoms with Crippen LogP contribution in [0.1, 0.15) is 5.56 Å². The highest BCUT2D eigenvalue weighted by Crippen LogP contribution is 2.26. The number of nitrogens with one attached hydrogen (secondary N) is 1. The molecule has 18 heavy (non-hydrogen) atoms. The molecule has 0 aliphatic carbocycles. The maximum absolute atomic E-state index is 8.59. The van der Waals surface area contributed by atoms with E-state index in [-0.39, 0.29) is 0 Å². The molecular formula is C13H9BrClN3. The van der Waals surface area contributed by atoms with E-state index in [9.17, 15) is 0 Å². The SMILES string of the molecule is N#CCc1ccc(Nc2ncc(Cl)cc2Br)cc1. The molecule has 0 aliphatic rings. The van der Waals surface area contributed by atoms with Gasteiger partial charge in [-0.3, -0.25) is 0 Å². The lowest BCUT2D eigenvalue weighted by atomic mass is 10.1. The molecule has 3 nitrogen and oxygen atoms in total. The topological polar surface area (TPSA) is 48.7 Å². The molecule has 90 valence electrons. The normalized spacial score (nSPS) is 9.83. The summed E-state index contributed by atoms with van der Waals surface area (Å²) in [4.78, 5) is 4.19. The van der Waals surface area contributed by atoms with Crippen molar-refractivity contribution in [3.63, 3.8) is 0 Å². The Kier molecular flexibility index (Phi) is 4.19. The molecule has 0 fully saturated rings. The highest BCUT2D eigenvalue weighted by molar-refractivity contribution is 9.10. The lowest BCUT2D eigenvalue weighted by Crippen LogP contribution is -1.94. The average Bonchev–Trinajstić information content (AvgIpc) is 2.35. The zero-order valence-electron chi connectivity index (χ0n) is 9.32. The maximum atomic E-state index is 8.59. The lowest BCUT2D eigenvalue weighted by molar-refractivity contribution is 1.25. The molecule has 0 unspecified atom stereocenters. The summed E-state index contributed by atoms with van der Waals surface area (Å²) in [6.45, 7) is 0. The molecule has 0 aliphatic heterocycles. The first kappa shape index (κ1) is 12.9. The molecular weight excluding hydrogens is 314 g/mol. The second-order valence-electron chi connectivity index (χ2n) is 3.64. The summed E-state index contributed by atoms with van der Waals surface area (Å²) in [5.74, 6) is 0.701. The van der Waals surface area contributed by atoms with Gasteiger partial charge in [-0.05, 0) is 39.7 Å². The van der Waals surface area contributed by atoms with Crippen LogP contribution in [-0.2, 0) is 6.42 Å². The number of benzene rings is 1. The Morgan fingerprint density at radius 2 is 2.06 bits per heavy atom. The first-order chi connectivity index (χ1) is 8.69. The molecule has 0 saturated heterocycles. The molecule has 0 saturated carbocycles. The summed E-state index contributed by atoms with van der Waals surface area (Å²) in [6, 6.07) is 11.5. The first-order valence-electron chi connectivity index (χ1n) is 5.23. The lowest BCUT2D eigenvalue weighted by Gasteiger charge is -2.08. The number of pyridine rings is 1. The summed E-state index contributed by atoms with van der Waals surface area (Å²) in [5.41, 5.74) is 1.90. The van der Waals surface area contributed by atoms with Gasteiger partial charge in [-0.2, -0.15) is 5.26 Å². The van der Waals surface area contributed by atoms with E-state index >= 15 is 0 Å². The zero-order chi connectivity index (χ0) is 13.0. The average molecular weight is 323 g/mol. The van der Waals surface area contributed by atoms with Crippen LogP contribution in [0.15, 0.2) is 41.0 Å². The van der Waals surface area contributed by atoms with E-state index in [1.54, 1.807) is 12.3 Å². The summed E-state index contributed by atoms with van der Waals surface area (Å²) in [6.07, 6.45) is 2.00. The Hall–Kier alpha value is -1.57. The first-order valence-corrected chi connectivity index (χ1v) is 6.40. The molecule has 1 aromatic carbocycles. The number of halogens is 2. The monoisotopic (exact) mass is 321 g/mol. The van der Waals surface area contributed by atoms with Crippen molar-refractivity contribution in [2.24, 2.45) is 0 Å². The van der Waals surface area contributed by atoms with Crippen LogP contribution in [0.5, 0.6) is 0 Å². The van der Waals surface area contributed by atoms with Gasteiger partial charge < -0.3 is 5.32 Å². The third-order valence-corrected chi connectivity index (χ3v) is 3.12. The maximum Gasteiger partial charge on any atom is 0.144 e. The van der Waals surface area contributed by atoms with Crippen molar-refractivity contribution in [3.05, 3.63) is 51.6 Å². The number of nitrogens with zero attached hydrogens (tertiary/aromatic N) is 2. The van der Waals surface area contributed by atoms with Crippen LogP contribution < -0.4 is 5.32 Å². The Morgan fingerprint density at radius 1 is 1.33 bits per heavy atom. The van der Waals surface area contributed by atoms with Crippen LogP contribution in [0.2, 0.25) is 5.02 Å². The van der Waals surface area contributed by atoms with Gasteiger partial charge in [0.25, 0.3) is 0 Å². The van der Waals surface area contributed by atoms with Crippen LogP contribution in [0.25, 0.3) is 0 Å². The predicted molar refractivity (Wildman–Crippen MR) is 76.0 cm³/mol. The standard InChI is InChI=1S/C13H9BrClN3/c14-12-7-10(15)8-17-13(12)18-11-3-1-9(2-4-11)5-6-16/h1-4,7-8H,5H2,(H,17,18). The number of rotatable bonds is 3. The molecule has 1 N–H and O–H groups in total. The second kappa shape index (κ2) is 5.85. The Morgan fingerprint density at radius 3 is 2.67 bits per heavy atom. The Labute approximate surface area is 119 Å². The van der Waals surface area contributed by atoms with E-state index in [4.69, 9.17) is 16.9 Å². The van der Waals surface area contributed by atoms with E-state index in [1.165, 1.54) is 0 Å². The third kappa shape index (κ3) is 3.22. The van der Waals surface area contributed by atoms with Gasteiger partial charge in [0.05, 0.1) is 22.0 Å². The van der Waals surface area contributed by atoms with Gasteiger partial charge in [-0.1, -0.05) is 23.7 Å². The summed E-state index contributed by atoms with van der Waals surface area (Å²) in [7, 11) is 0. The van der Waals surface area contributed by atoms with Gasteiger partial charge in [0.15, 0.2) is 0 Å². The van der Waals surface area contributed by atoms with Gasteiger partial charge in [0.2, 0.25) is 0 Å². The van der Waals surface area contributed by atoms with E-state index in [2.05, 4.69) is 32.3 Å². The highest BCUT2D eigenvalue weighted by Gasteiger charge is 2.03. The van der Waals surface area contributed by atoms with Crippen molar-refractivity contribution in [1.29, 1.82) is 5.26 Å². The molecule has 0 radical (unpaired) electrons. The third-order valence-electron chi connectivity index (χ3n) is 2.31. The molecule has 1 aromatic heterocycles. The zero-order valence-corrected chi connectivity index (χ0v) is 11.7. The molecule has 5 heteroatoms. The van der Waals surface area contributed by atoms with Crippen molar-refractivity contribution in [2.45, 2.75) is 6.42 Å². The van der Waals surface area contributed by atoms with Crippen LogP contribution in [-0.4, -0.2) is 4.98 Å². The molecule has 2 rings (SSSR count). The molecule has 0 amide bonds. The molecule has 0 bridgehead atoms. The van der Waals surface area contributed by atoms with Crippen LogP contribution in [0.4, 0.5) is 11.5 Å². The number of anilines is 2. The van der Waals surface area contributed by atoms with Gasteiger partial charge in [0, 0.05) is 11.9 Å². The van der Waals surface area contributed by atoms with E-state index in [1.807, 2.05) is 24.3 Å². The minimum atomic E-state index is 0.420. The molecule has 0 spiro atoms. The van der Waals surface area contributed by atoms with Crippen molar-refractivity contribution >= 4 is 39.0 Å². The number of hydrogen-bond acceptors (Lipinski definition) is 3. The van der Waals surface area contributed by atoms with Gasteiger partial charge in [0.1, 0.15) is 5.82 Å². The summed E-state index contributed by atoms with van der Waals surface area (Å²) >= 11 is 9.22. The van der Waals surface area contributed by atoms with Crippen LogP contribution in [0, 0.1) is 11.3 Å². The number of aromatic nitrogens is 1. The van der Waals surface area contributed by atoms with Crippen molar-refractivity contribution in [3.8, 4) is 6.07 Å². The fraction of sp³-hybridized carbons (Fsp3) is 0.0769. The smallest absolute Gasteiger partial charge is 0.144 e. The van der Waals surface area contributed by atoms with Crippen LogP contribution in [0.3, 0.4) is 0 Å². The van der Waals surface area contributed by atoms with Gasteiger partial charge in [-0.25, -0.2) is 4.98 Å². The Bertz CT molecular complexity index is 590. The molecule has 1 heterocycles. The highest BCUT2D eigenvalue weighted by atomic mass is 79.9.